The number of carbonyl (C=O) groups excluding carboxylic acids is 1. The Labute approximate surface area is 113 Å². The summed E-state index contributed by atoms with van der Waals surface area (Å²) in [4.78, 5) is 18.4. The Morgan fingerprint density at radius 1 is 1.16 bits per heavy atom. The average molecular weight is 263 g/mol. The Morgan fingerprint density at radius 2 is 2.00 bits per heavy atom. The number of rotatable bonds is 3. The van der Waals surface area contributed by atoms with Crippen LogP contribution in [-0.4, -0.2) is 29.0 Å². The van der Waals surface area contributed by atoms with Crippen LogP contribution in [-0.2, 0) is 11.2 Å². The summed E-state index contributed by atoms with van der Waals surface area (Å²) < 4.78 is 5.31. The van der Waals surface area contributed by atoms with Crippen molar-refractivity contribution in [1.82, 2.24) is 10.1 Å². The van der Waals surface area contributed by atoms with E-state index in [1.165, 1.54) is 19.3 Å². The molecule has 1 atom stereocenters. The average Bonchev–Trinajstić information content (AvgIpc) is 2.91. The quantitative estimate of drug-likeness (QED) is 0.837. The van der Waals surface area contributed by atoms with Gasteiger partial charge >= 0.3 is 0 Å². The van der Waals surface area contributed by atoms with Crippen LogP contribution in [0.1, 0.15) is 50.8 Å². The fourth-order valence-corrected chi connectivity index (χ4v) is 3.03. The second-order valence-corrected chi connectivity index (χ2v) is 5.65. The fourth-order valence-electron chi connectivity index (χ4n) is 3.03. The van der Waals surface area contributed by atoms with E-state index in [1.807, 2.05) is 0 Å². The maximum atomic E-state index is 11.8. The molecule has 1 saturated heterocycles. The summed E-state index contributed by atoms with van der Waals surface area (Å²) in [5.74, 6) is 1.80. The van der Waals surface area contributed by atoms with Gasteiger partial charge in [0.05, 0.1) is 0 Å². The molecule has 3 rings (SSSR count). The van der Waals surface area contributed by atoms with Gasteiger partial charge in [-0.1, -0.05) is 6.42 Å². The number of piperidine rings is 1. The lowest BCUT2D eigenvalue weighted by atomic mass is 9.86. The molecule has 5 heteroatoms. The van der Waals surface area contributed by atoms with Crippen LogP contribution in [0.3, 0.4) is 0 Å². The van der Waals surface area contributed by atoms with Gasteiger partial charge in [0, 0.05) is 31.8 Å². The van der Waals surface area contributed by atoms with Gasteiger partial charge in [-0.15, -0.1) is 0 Å². The SMILES string of the molecule is O=C1CCCCC1Cc1nc(N2CCCCC2)no1. The number of nitrogens with zero attached hydrogens (tertiary/aromatic N) is 3. The van der Waals surface area contributed by atoms with E-state index in [0.29, 0.717) is 24.0 Å². The highest BCUT2D eigenvalue weighted by molar-refractivity contribution is 5.81. The smallest absolute Gasteiger partial charge is 0.266 e. The monoisotopic (exact) mass is 263 g/mol. The van der Waals surface area contributed by atoms with Gasteiger partial charge in [-0.05, 0) is 37.3 Å². The van der Waals surface area contributed by atoms with Crippen molar-refractivity contribution in [2.75, 3.05) is 18.0 Å². The third kappa shape index (κ3) is 2.96. The maximum absolute atomic E-state index is 11.8. The molecular formula is C14H21N3O2. The first kappa shape index (κ1) is 12.6. The van der Waals surface area contributed by atoms with Crippen molar-refractivity contribution in [2.24, 2.45) is 5.92 Å². The van der Waals surface area contributed by atoms with Crippen molar-refractivity contribution < 1.29 is 9.32 Å². The molecule has 2 heterocycles. The lowest BCUT2D eigenvalue weighted by Crippen LogP contribution is -2.30. The van der Waals surface area contributed by atoms with Crippen molar-refractivity contribution in [1.29, 1.82) is 0 Å². The van der Waals surface area contributed by atoms with E-state index in [-0.39, 0.29) is 5.92 Å². The maximum Gasteiger partial charge on any atom is 0.266 e. The van der Waals surface area contributed by atoms with E-state index in [0.717, 1.165) is 38.8 Å². The minimum absolute atomic E-state index is 0.100. The highest BCUT2D eigenvalue weighted by atomic mass is 16.5. The summed E-state index contributed by atoms with van der Waals surface area (Å²) in [5.41, 5.74) is 0. The highest BCUT2D eigenvalue weighted by Crippen LogP contribution is 2.24. The molecule has 5 nitrogen and oxygen atoms in total. The van der Waals surface area contributed by atoms with Crippen LogP contribution in [0.25, 0.3) is 0 Å². The molecule has 0 aromatic carbocycles. The number of carbonyl (C=O) groups is 1. The largest absolute Gasteiger partial charge is 0.338 e. The normalized spacial score (nSPS) is 24.7. The molecule has 1 aromatic heterocycles. The van der Waals surface area contributed by atoms with Crippen LogP contribution in [0, 0.1) is 5.92 Å². The van der Waals surface area contributed by atoms with E-state index in [4.69, 9.17) is 4.52 Å². The van der Waals surface area contributed by atoms with E-state index >= 15 is 0 Å². The summed E-state index contributed by atoms with van der Waals surface area (Å²) in [5, 5.41) is 4.06. The number of ketones is 1. The third-order valence-electron chi connectivity index (χ3n) is 4.20. The van der Waals surface area contributed by atoms with Crippen molar-refractivity contribution >= 4 is 11.7 Å². The number of aromatic nitrogens is 2. The van der Waals surface area contributed by atoms with E-state index in [2.05, 4.69) is 15.0 Å². The van der Waals surface area contributed by atoms with Crippen LogP contribution in [0.5, 0.6) is 0 Å². The second kappa shape index (κ2) is 5.72. The molecule has 0 N–H and O–H groups in total. The zero-order valence-electron chi connectivity index (χ0n) is 11.3. The Hall–Kier alpha value is -1.39. The zero-order chi connectivity index (χ0) is 13.1. The van der Waals surface area contributed by atoms with Crippen LogP contribution in [0.15, 0.2) is 4.52 Å². The number of hydrogen-bond donors (Lipinski definition) is 0. The Kier molecular flexibility index (Phi) is 3.80. The van der Waals surface area contributed by atoms with Crippen LogP contribution < -0.4 is 4.90 Å². The fraction of sp³-hybridized carbons (Fsp3) is 0.786. The summed E-state index contributed by atoms with van der Waals surface area (Å²) in [7, 11) is 0. The standard InChI is InChI=1S/C14H21N3O2/c18-12-7-3-2-6-11(12)10-13-15-14(16-19-13)17-8-4-1-5-9-17/h11H,1-10H2. The lowest BCUT2D eigenvalue weighted by molar-refractivity contribution is -0.124. The molecule has 2 aliphatic rings. The molecule has 1 aliphatic heterocycles. The second-order valence-electron chi connectivity index (χ2n) is 5.65. The molecule has 1 aromatic rings. The summed E-state index contributed by atoms with van der Waals surface area (Å²) >= 11 is 0. The molecule has 1 saturated carbocycles. The van der Waals surface area contributed by atoms with Crippen LogP contribution in [0.2, 0.25) is 0 Å². The van der Waals surface area contributed by atoms with E-state index in [9.17, 15) is 4.79 Å². The van der Waals surface area contributed by atoms with Gasteiger partial charge in [0.1, 0.15) is 5.78 Å². The number of Topliss-reactive ketones (excluding diaryl/α,β-unsaturated/α-hetero) is 1. The Morgan fingerprint density at radius 3 is 2.79 bits per heavy atom. The lowest BCUT2D eigenvalue weighted by Gasteiger charge is -2.24. The highest BCUT2D eigenvalue weighted by Gasteiger charge is 2.25. The Balaban J connectivity index is 1.62. The van der Waals surface area contributed by atoms with E-state index in [1.54, 1.807) is 0 Å². The third-order valence-corrected chi connectivity index (χ3v) is 4.20. The predicted octanol–water partition coefficient (Wildman–Crippen LogP) is 2.36. The minimum Gasteiger partial charge on any atom is -0.338 e. The minimum atomic E-state index is 0.100. The first-order valence-corrected chi connectivity index (χ1v) is 7.43. The molecule has 1 aliphatic carbocycles. The summed E-state index contributed by atoms with van der Waals surface area (Å²) in [6.07, 6.45) is 8.19. The van der Waals surface area contributed by atoms with Crippen LogP contribution in [0.4, 0.5) is 5.95 Å². The molecule has 0 spiro atoms. The zero-order valence-corrected chi connectivity index (χ0v) is 11.3. The van der Waals surface area contributed by atoms with Gasteiger partial charge in [-0.25, -0.2) is 0 Å². The molecule has 2 fully saturated rings. The molecule has 19 heavy (non-hydrogen) atoms. The molecule has 0 amide bonds. The summed E-state index contributed by atoms with van der Waals surface area (Å²) in [6.45, 7) is 2.03. The van der Waals surface area contributed by atoms with Crippen molar-refractivity contribution in [2.45, 2.75) is 51.4 Å². The summed E-state index contributed by atoms with van der Waals surface area (Å²) in [6, 6.07) is 0. The van der Waals surface area contributed by atoms with E-state index < -0.39 is 0 Å². The van der Waals surface area contributed by atoms with Gasteiger partial charge in [0.15, 0.2) is 0 Å². The van der Waals surface area contributed by atoms with Crippen molar-refractivity contribution in [3.8, 4) is 0 Å². The van der Waals surface area contributed by atoms with Crippen molar-refractivity contribution in [3.63, 3.8) is 0 Å². The van der Waals surface area contributed by atoms with Crippen LogP contribution >= 0.6 is 0 Å². The molecule has 1 unspecified atom stereocenters. The first-order chi connectivity index (χ1) is 9.33. The van der Waals surface area contributed by atoms with Crippen molar-refractivity contribution in [3.05, 3.63) is 5.89 Å². The molecule has 0 radical (unpaired) electrons. The predicted molar refractivity (Wildman–Crippen MR) is 71.0 cm³/mol. The van der Waals surface area contributed by atoms with Gasteiger partial charge < -0.3 is 9.42 Å². The Bertz CT molecular complexity index is 438. The van der Waals surface area contributed by atoms with Gasteiger partial charge in [-0.2, -0.15) is 4.98 Å². The first-order valence-electron chi connectivity index (χ1n) is 7.43. The number of anilines is 1. The topological polar surface area (TPSA) is 59.2 Å². The number of hydrogen-bond acceptors (Lipinski definition) is 5. The molecule has 0 bridgehead atoms. The van der Waals surface area contributed by atoms with Gasteiger partial charge in [-0.3, -0.25) is 4.79 Å². The molecular weight excluding hydrogens is 242 g/mol. The van der Waals surface area contributed by atoms with Gasteiger partial charge in [0.2, 0.25) is 5.89 Å². The van der Waals surface area contributed by atoms with Gasteiger partial charge in [0.25, 0.3) is 5.95 Å². The molecule has 104 valence electrons.